The summed E-state index contributed by atoms with van der Waals surface area (Å²) in [5.41, 5.74) is 1.34. The molecule has 4 rings (SSSR count). The van der Waals surface area contributed by atoms with Gasteiger partial charge in [-0.3, -0.25) is 9.59 Å². The van der Waals surface area contributed by atoms with Crippen molar-refractivity contribution < 1.29 is 41.0 Å². The number of nitrogens with zero attached hydrogens (tertiary/aromatic N) is 2. The first kappa shape index (κ1) is 33.4. The zero-order valence-electron chi connectivity index (χ0n) is 25.3. The van der Waals surface area contributed by atoms with Gasteiger partial charge in [-0.1, -0.05) is 13.0 Å². The smallest absolute Gasteiger partial charge is 0.408 e. The summed E-state index contributed by atoms with van der Waals surface area (Å²) in [4.78, 5) is 43.4. The molecule has 14 heteroatoms. The Morgan fingerprint density at radius 1 is 1.16 bits per heavy atom. The van der Waals surface area contributed by atoms with Gasteiger partial charge in [0, 0.05) is 30.4 Å². The van der Waals surface area contributed by atoms with E-state index in [1.54, 1.807) is 33.0 Å². The maximum atomic E-state index is 14.9. The van der Waals surface area contributed by atoms with Gasteiger partial charge in [-0.15, -0.1) is 0 Å². The number of benzene rings is 2. The number of hydrogen-bond acceptors (Lipinski definition) is 7. The van der Waals surface area contributed by atoms with Gasteiger partial charge in [0.25, 0.3) is 11.5 Å². The van der Waals surface area contributed by atoms with Crippen LogP contribution in [0.1, 0.15) is 52.6 Å². The molecule has 0 bridgehead atoms. The number of rotatable bonds is 9. The van der Waals surface area contributed by atoms with Crippen molar-refractivity contribution in [3.05, 3.63) is 74.3 Å². The van der Waals surface area contributed by atoms with Gasteiger partial charge in [0.2, 0.25) is 0 Å². The van der Waals surface area contributed by atoms with Crippen LogP contribution in [0.15, 0.2) is 29.1 Å². The van der Waals surface area contributed by atoms with E-state index < -0.39 is 59.4 Å². The maximum Gasteiger partial charge on any atom is 0.408 e. The van der Waals surface area contributed by atoms with Crippen LogP contribution >= 0.6 is 0 Å². The van der Waals surface area contributed by atoms with Gasteiger partial charge >= 0.3 is 12.1 Å². The normalized spacial score (nSPS) is 14.2. The van der Waals surface area contributed by atoms with Crippen molar-refractivity contribution in [1.29, 1.82) is 0 Å². The monoisotopic (exact) mass is 636 g/mol. The summed E-state index contributed by atoms with van der Waals surface area (Å²) >= 11 is 0. The van der Waals surface area contributed by atoms with Crippen molar-refractivity contribution in [2.24, 2.45) is 7.05 Å². The van der Waals surface area contributed by atoms with Crippen molar-refractivity contribution in [2.45, 2.75) is 64.7 Å². The molecule has 0 unspecified atom stereocenters. The lowest BCUT2D eigenvalue weighted by Crippen LogP contribution is -2.44. The molecule has 0 aliphatic carbocycles. The zero-order chi connectivity index (χ0) is 33.2. The third kappa shape index (κ3) is 6.94. The fourth-order valence-corrected chi connectivity index (χ4v) is 5.21. The number of carbonyl (C=O) groups is 2. The number of amides is 1. The molecule has 0 saturated carbocycles. The molecule has 1 amide bonds. The van der Waals surface area contributed by atoms with Gasteiger partial charge in [0.05, 0.1) is 19.4 Å². The Morgan fingerprint density at radius 2 is 1.82 bits per heavy atom. The standard InChI is InChI=1S/C31H33F5N4O5/c1-6-24(31(34,35)36)38-18-13-21(32)25(22(33)14-18)28(41)39-23(30(43)44-5)12-17-9-10-20(27-19(17)8-7-11-45-27)26-29(42)40(4)16(3)15(2)37-26/h9-10,13-14,23-24,38H,6-8,11-12H2,1-5H3,(H,39,41)/t23-,24+/m0/s1. The molecule has 1 aliphatic rings. The van der Waals surface area contributed by atoms with E-state index >= 15 is 0 Å². The molecule has 242 valence electrons. The highest BCUT2D eigenvalue weighted by atomic mass is 19.4. The Bertz CT molecular complexity index is 1670. The Morgan fingerprint density at radius 3 is 2.42 bits per heavy atom. The highest BCUT2D eigenvalue weighted by Gasteiger charge is 2.38. The predicted molar refractivity (Wildman–Crippen MR) is 155 cm³/mol. The van der Waals surface area contributed by atoms with Gasteiger partial charge in [0.15, 0.2) is 0 Å². The summed E-state index contributed by atoms with van der Waals surface area (Å²) in [5.74, 6) is -4.65. The molecule has 1 aliphatic heterocycles. The first-order chi connectivity index (χ1) is 21.2. The minimum absolute atomic E-state index is 0.157. The van der Waals surface area contributed by atoms with E-state index in [4.69, 9.17) is 9.47 Å². The molecule has 3 aromatic rings. The van der Waals surface area contributed by atoms with Gasteiger partial charge < -0.3 is 24.7 Å². The molecule has 2 heterocycles. The first-order valence-corrected chi connectivity index (χ1v) is 14.2. The van der Waals surface area contributed by atoms with Crippen molar-refractivity contribution in [1.82, 2.24) is 14.9 Å². The number of halogens is 5. The molecular formula is C31H33F5N4O5. The van der Waals surface area contributed by atoms with E-state index in [9.17, 15) is 36.3 Å². The quantitative estimate of drug-likeness (QED) is 0.253. The summed E-state index contributed by atoms with van der Waals surface area (Å²) in [7, 11) is 2.72. The van der Waals surface area contributed by atoms with Crippen molar-refractivity contribution in [2.75, 3.05) is 19.0 Å². The molecular weight excluding hydrogens is 603 g/mol. The van der Waals surface area contributed by atoms with Crippen LogP contribution in [0.5, 0.6) is 5.75 Å². The number of alkyl halides is 3. The Balaban J connectivity index is 1.65. The number of aromatic nitrogens is 2. The summed E-state index contributed by atoms with van der Waals surface area (Å²) in [5, 5.41) is 4.32. The second-order valence-corrected chi connectivity index (χ2v) is 10.7. The number of anilines is 1. The molecule has 0 saturated heterocycles. The van der Waals surface area contributed by atoms with Crippen LogP contribution in [0.25, 0.3) is 11.3 Å². The molecule has 0 spiro atoms. The topological polar surface area (TPSA) is 112 Å². The van der Waals surface area contributed by atoms with Crippen molar-refractivity contribution >= 4 is 17.6 Å². The highest BCUT2D eigenvalue weighted by Crippen LogP contribution is 2.37. The van der Waals surface area contributed by atoms with E-state index in [-0.39, 0.29) is 17.7 Å². The molecule has 45 heavy (non-hydrogen) atoms. The molecule has 1 aromatic heterocycles. The van der Waals surface area contributed by atoms with Crippen LogP contribution in [0, 0.1) is 25.5 Å². The number of nitrogens with one attached hydrogen (secondary N) is 2. The first-order valence-electron chi connectivity index (χ1n) is 14.2. The fourth-order valence-electron chi connectivity index (χ4n) is 5.21. The molecule has 9 nitrogen and oxygen atoms in total. The summed E-state index contributed by atoms with van der Waals surface area (Å²) in [6, 6.07) is 0.985. The third-order valence-corrected chi connectivity index (χ3v) is 7.87. The lowest BCUT2D eigenvalue weighted by atomic mass is 9.91. The zero-order valence-corrected chi connectivity index (χ0v) is 25.3. The van der Waals surface area contributed by atoms with Crippen LogP contribution in [0.4, 0.5) is 27.6 Å². The SMILES string of the molecule is CC[C@@H](Nc1cc(F)c(C(=O)N[C@@H](Cc2ccc(-c3nc(C)c(C)n(C)c3=O)c3c2CCCO3)C(=O)OC)c(F)c1)C(F)(F)F. The fraction of sp³-hybridized carbons (Fsp3) is 0.419. The minimum atomic E-state index is -4.67. The largest absolute Gasteiger partial charge is 0.493 e. The van der Waals surface area contributed by atoms with Gasteiger partial charge in [-0.2, -0.15) is 13.2 Å². The molecule has 2 aromatic carbocycles. The Hall–Kier alpha value is -4.49. The number of hydrogen-bond donors (Lipinski definition) is 2. The lowest BCUT2D eigenvalue weighted by Gasteiger charge is -2.25. The Labute approximate surface area is 255 Å². The van der Waals surface area contributed by atoms with Gasteiger partial charge in [-0.05, 0) is 62.4 Å². The highest BCUT2D eigenvalue weighted by molar-refractivity contribution is 5.97. The number of aryl methyl sites for hydroxylation is 1. The van der Waals surface area contributed by atoms with E-state index in [2.05, 4.69) is 10.3 Å². The number of ether oxygens (including phenoxy) is 2. The van der Waals surface area contributed by atoms with E-state index in [0.29, 0.717) is 65.4 Å². The molecule has 0 radical (unpaired) electrons. The average molecular weight is 637 g/mol. The van der Waals surface area contributed by atoms with Crippen molar-refractivity contribution in [3.63, 3.8) is 0 Å². The van der Waals surface area contributed by atoms with Gasteiger partial charge in [0.1, 0.15) is 40.7 Å². The van der Waals surface area contributed by atoms with E-state index in [1.807, 2.05) is 5.32 Å². The van der Waals surface area contributed by atoms with Crippen LogP contribution in [-0.4, -0.2) is 53.4 Å². The summed E-state index contributed by atoms with van der Waals surface area (Å²) < 4.78 is 81.6. The van der Waals surface area contributed by atoms with Crippen LogP contribution in [0.2, 0.25) is 0 Å². The van der Waals surface area contributed by atoms with Gasteiger partial charge in [-0.25, -0.2) is 18.6 Å². The predicted octanol–water partition coefficient (Wildman–Crippen LogP) is 4.93. The second-order valence-electron chi connectivity index (χ2n) is 10.7. The summed E-state index contributed by atoms with van der Waals surface area (Å²) in [6.45, 7) is 5.19. The number of esters is 1. The number of methoxy groups -OCH3 is 1. The van der Waals surface area contributed by atoms with E-state index in [1.165, 1.54) is 11.5 Å². The van der Waals surface area contributed by atoms with Crippen molar-refractivity contribution in [3.8, 4) is 17.0 Å². The average Bonchev–Trinajstić information content (AvgIpc) is 2.99. The molecule has 2 atom stereocenters. The number of carbonyl (C=O) groups excluding carboxylic acids is 2. The number of fused-ring (bicyclic) bond motifs is 1. The second kappa shape index (κ2) is 13.2. The summed E-state index contributed by atoms with van der Waals surface area (Å²) in [6.07, 6.45) is -4.08. The minimum Gasteiger partial charge on any atom is -0.493 e. The van der Waals surface area contributed by atoms with Crippen LogP contribution in [0.3, 0.4) is 0 Å². The lowest BCUT2D eigenvalue weighted by molar-refractivity contribution is -0.143. The van der Waals surface area contributed by atoms with Crippen LogP contribution < -0.4 is 20.9 Å². The third-order valence-electron chi connectivity index (χ3n) is 7.87. The maximum absolute atomic E-state index is 14.9. The molecule has 0 fully saturated rings. The Kier molecular flexibility index (Phi) is 9.83. The van der Waals surface area contributed by atoms with E-state index in [0.717, 1.165) is 7.11 Å². The molecule has 2 N–H and O–H groups in total. The van der Waals surface area contributed by atoms with Crippen LogP contribution in [-0.2, 0) is 29.4 Å².